The summed E-state index contributed by atoms with van der Waals surface area (Å²) in [6.07, 6.45) is 6.51. The molecule has 14 rings (SSSR count). The van der Waals surface area contributed by atoms with Gasteiger partial charge in [-0.05, 0) is 192 Å². The maximum Gasteiger partial charge on any atom is 0.0159 e. The summed E-state index contributed by atoms with van der Waals surface area (Å²) in [6, 6.07) is 65.9. The molecule has 0 spiro atoms. The van der Waals surface area contributed by atoms with Crippen LogP contribution in [0.2, 0.25) is 0 Å². The molecule has 4 aliphatic rings. The van der Waals surface area contributed by atoms with E-state index in [1.807, 2.05) is 0 Å². The molecule has 0 heterocycles. The van der Waals surface area contributed by atoms with E-state index in [2.05, 4.69) is 243 Å². The van der Waals surface area contributed by atoms with Gasteiger partial charge in [0.2, 0.25) is 0 Å². The van der Waals surface area contributed by atoms with Crippen molar-refractivity contribution in [3.63, 3.8) is 0 Å². The molecule has 0 atom stereocenters. The lowest BCUT2D eigenvalue weighted by Crippen LogP contribution is -2.16. The van der Waals surface area contributed by atoms with Gasteiger partial charge < -0.3 is 0 Å². The lowest BCUT2D eigenvalue weighted by Gasteiger charge is -2.26. The summed E-state index contributed by atoms with van der Waals surface area (Å²) in [5.74, 6) is 0. The minimum absolute atomic E-state index is 0.146. The molecule has 10 aromatic rings. The van der Waals surface area contributed by atoms with Gasteiger partial charge in [-0.3, -0.25) is 0 Å². The van der Waals surface area contributed by atoms with Crippen LogP contribution in [0.15, 0.2) is 200 Å². The van der Waals surface area contributed by atoms with Crippen LogP contribution < -0.4 is 0 Å². The van der Waals surface area contributed by atoms with Gasteiger partial charge in [-0.15, -0.1) is 0 Å². The predicted octanol–water partition coefficient (Wildman–Crippen LogP) is 19.2. The second-order valence-corrected chi connectivity index (χ2v) is 21.9. The lowest BCUT2D eigenvalue weighted by atomic mass is 9.77. The van der Waals surface area contributed by atoms with E-state index in [1.54, 1.807) is 0 Å². The fourth-order valence-corrected chi connectivity index (χ4v) is 13.9. The van der Waals surface area contributed by atoms with Crippen molar-refractivity contribution in [1.82, 2.24) is 0 Å². The summed E-state index contributed by atoms with van der Waals surface area (Å²) in [5.41, 5.74) is 28.4. The topological polar surface area (TPSA) is 0 Å². The first-order valence-corrected chi connectivity index (χ1v) is 25.2. The molecule has 0 heteroatoms. The first kappa shape index (κ1) is 41.2. The Hall–Kier alpha value is -7.80. The first-order valence-electron chi connectivity index (χ1n) is 25.2. The van der Waals surface area contributed by atoms with E-state index in [0.29, 0.717) is 0 Å². The largest absolute Gasteiger partial charge is 0.0987 e. The van der Waals surface area contributed by atoms with Gasteiger partial charge >= 0.3 is 0 Å². The first-order chi connectivity index (χ1) is 33.9. The fourth-order valence-electron chi connectivity index (χ4n) is 13.9. The minimum Gasteiger partial charge on any atom is -0.0987 e. The molecule has 70 heavy (non-hydrogen) atoms. The Morgan fingerprint density at radius 3 is 1.50 bits per heavy atom. The van der Waals surface area contributed by atoms with Crippen LogP contribution in [-0.2, 0) is 16.2 Å². The van der Waals surface area contributed by atoms with Crippen molar-refractivity contribution in [3.8, 4) is 77.9 Å². The van der Waals surface area contributed by atoms with E-state index in [1.165, 1.54) is 155 Å². The quantitative estimate of drug-likeness (QED) is 0.151. The molecule has 4 aliphatic carbocycles. The van der Waals surface area contributed by atoms with E-state index >= 15 is 0 Å². The Kier molecular flexibility index (Phi) is 8.33. The Morgan fingerprint density at radius 2 is 0.829 bits per heavy atom. The molecular formula is C70H54. The van der Waals surface area contributed by atoms with E-state index in [9.17, 15) is 0 Å². The molecule has 0 aromatic heterocycles. The van der Waals surface area contributed by atoms with Gasteiger partial charge in [-0.2, -0.15) is 0 Å². The number of hydrogen-bond acceptors (Lipinski definition) is 0. The molecule has 0 amide bonds. The van der Waals surface area contributed by atoms with Crippen LogP contribution >= 0.6 is 0 Å². The smallest absolute Gasteiger partial charge is 0.0159 e. The highest BCUT2D eigenvalue weighted by molar-refractivity contribution is 6.24. The zero-order valence-electron chi connectivity index (χ0n) is 41.1. The normalized spacial score (nSPS) is 15.9. The molecule has 0 bridgehead atoms. The third-order valence-corrected chi connectivity index (χ3v) is 17.3. The Morgan fingerprint density at radius 1 is 0.343 bits per heavy atom. The van der Waals surface area contributed by atoms with Gasteiger partial charge in [0.05, 0.1) is 0 Å². The fraction of sp³-hybridized carbons (Fsp3) is 0.143. The number of hydrogen-bond donors (Lipinski definition) is 0. The van der Waals surface area contributed by atoms with Crippen molar-refractivity contribution in [2.75, 3.05) is 0 Å². The van der Waals surface area contributed by atoms with Gasteiger partial charge in [0.15, 0.2) is 0 Å². The molecule has 0 aliphatic heterocycles. The van der Waals surface area contributed by atoms with Gasteiger partial charge in [-0.25, -0.2) is 0 Å². The average Bonchev–Trinajstić information content (AvgIpc) is 3.98. The molecule has 0 nitrogen and oxygen atoms in total. The summed E-state index contributed by atoms with van der Waals surface area (Å²) in [5, 5.41) is 7.76. The van der Waals surface area contributed by atoms with Gasteiger partial charge in [0.1, 0.15) is 0 Å². The van der Waals surface area contributed by atoms with Crippen LogP contribution in [0.3, 0.4) is 0 Å². The maximum atomic E-state index is 4.34. The number of allylic oxidation sites excluding steroid dienone is 5. The van der Waals surface area contributed by atoms with Crippen molar-refractivity contribution in [2.24, 2.45) is 0 Å². The van der Waals surface area contributed by atoms with E-state index < -0.39 is 0 Å². The molecule has 0 radical (unpaired) electrons. The predicted molar refractivity (Wildman–Crippen MR) is 300 cm³/mol. The third-order valence-electron chi connectivity index (χ3n) is 17.3. The van der Waals surface area contributed by atoms with Crippen molar-refractivity contribution >= 4 is 37.9 Å². The molecule has 334 valence electrons. The molecule has 0 saturated heterocycles. The standard InChI is InChI=1S/C70H54/c1-9-18-46-49-30-28-41(36-62(49)68(3,4)59(46)10-2)65-54-32-27-40(43-33-34-53-45-20-12-11-19-44(45)52-24-17-23-51(43)67(52)53)35-56(54)66(42-29-31-50-47-21-13-15-25-60(47)69(5,6)63(50)37-42)58-39-64-55(38-57(58)65)48-22-14-16-26-61(48)70(64,7)8/h9-39H,2H2,1,3-8H3/b18-9-. The number of rotatable bonds is 5. The van der Waals surface area contributed by atoms with E-state index in [-0.39, 0.29) is 16.2 Å². The zero-order chi connectivity index (χ0) is 47.6. The second kappa shape index (κ2) is 14.1. The van der Waals surface area contributed by atoms with E-state index in [4.69, 9.17) is 0 Å². The van der Waals surface area contributed by atoms with Gasteiger partial charge in [-0.1, -0.05) is 206 Å². The van der Waals surface area contributed by atoms with Gasteiger partial charge in [0, 0.05) is 16.2 Å². The van der Waals surface area contributed by atoms with Crippen molar-refractivity contribution < 1.29 is 0 Å². The highest BCUT2D eigenvalue weighted by Gasteiger charge is 2.39. The molecular weight excluding hydrogens is 841 g/mol. The van der Waals surface area contributed by atoms with Crippen molar-refractivity contribution in [1.29, 1.82) is 0 Å². The number of fused-ring (bicyclic) bond motifs is 12. The average molecular weight is 895 g/mol. The molecule has 10 aromatic carbocycles. The molecule has 0 fully saturated rings. The zero-order valence-corrected chi connectivity index (χ0v) is 41.1. The van der Waals surface area contributed by atoms with E-state index in [0.717, 1.165) is 0 Å². The third kappa shape index (κ3) is 5.26. The Balaban J connectivity index is 1.12. The maximum absolute atomic E-state index is 4.34. The van der Waals surface area contributed by atoms with Crippen molar-refractivity contribution in [3.05, 3.63) is 234 Å². The highest BCUT2D eigenvalue weighted by atomic mass is 14.4. The monoisotopic (exact) mass is 894 g/mol. The van der Waals surface area contributed by atoms with Crippen molar-refractivity contribution in [2.45, 2.75) is 64.7 Å². The van der Waals surface area contributed by atoms with Crippen LogP contribution in [0.5, 0.6) is 0 Å². The highest BCUT2D eigenvalue weighted by Crippen LogP contribution is 2.57. The van der Waals surface area contributed by atoms with Crippen LogP contribution in [-0.4, -0.2) is 0 Å². The summed E-state index contributed by atoms with van der Waals surface area (Å²) >= 11 is 0. The molecule has 0 N–H and O–H groups in total. The van der Waals surface area contributed by atoms with Gasteiger partial charge in [0.25, 0.3) is 0 Å². The van der Waals surface area contributed by atoms with Crippen LogP contribution in [0, 0.1) is 0 Å². The molecule has 0 saturated carbocycles. The van der Waals surface area contributed by atoms with Crippen LogP contribution in [0.1, 0.15) is 81.8 Å². The van der Waals surface area contributed by atoms with Crippen LogP contribution in [0.4, 0.5) is 0 Å². The Bertz CT molecular complexity index is 4070. The lowest BCUT2D eigenvalue weighted by molar-refractivity contribution is 0.655. The summed E-state index contributed by atoms with van der Waals surface area (Å²) in [4.78, 5) is 0. The second-order valence-electron chi connectivity index (χ2n) is 21.9. The summed E-state index contributed by atoms with van der Waals surface area (Å²) < 4.78 is 0. The molecule has 0 unspecified atom stereocenters. The minimum atomic E-state index is -0.213. The summed E-state index contributed by atoms with van der Waals surface area (Å²) in [6.45, 7) is 20.8. The SMILES string of the molecule is C=CC1=C(/C=C\C)c2ccc(-c3c4ccc(-c5ccc6c7c(cccc57)-c5ccccc5-6)cc4c(-c4ccc5c(c4)C(C)(C)c4ccccc4-5)c4cc5c(cc34)-c3ccccc3C5(C)C)cc2C1(C)C. The Labute approximate surface area is 412 Å². The number of benzene rings is 10. The van der Waals surface area contributed by atoms with Crippen LogP contribution in [0.25, 0.3) is 116 Å². The summed E-state index contributed by atoms with van der Waals surface area (Å²) in [7, 11) is 0.